The Morgan fingerprint density at radius 3 is 2.62 bits per heavy atom. The van der Waals surface area contributed by atoms with Gasteiger partial charge in [-0.25, -0.2) is 0 Å². The molecule has 0 unspecified atom stereocenters. The average molecular weight is 217 g/mol. The Bertz CT molecular complexity index is 398. The van der Waals surface area contributed by atoms with Gasteiger partial charge in [-0.15, -0.1) is 0 Å². The molecule has 0 aromatic heterocycles. The highest BCUT2D eigenvalue weighted by atomic mass is 16.1. The Labute approximate surface area is 97.1 Å². The highest BCUT2D eigenvalue weighted by Crippen LogP contribution is 2.24. The molecule has 0 fully saturated rings. The van der Waals surface area contributed by atoms with Crippen LogP contribution in [0.5, 0.6) is 0 Å². The number of rotatable bonds is 2. The number of aryl methyl sites for hydroxylation is 2. The summed E-state index contributed by atoms with van der Waals surface area (Å²) in [4.78, 5) is 11.0. The van der Waals surface area contributed by atoms with Gasteiger partial charge in [0.1, 0.15) is 0 Å². The first-order valence-electron chi connectivity index (χ1n) is 6.05. The maximum absolute atomic E-state index is 11.0. The summed E-state index contributed by atoms with van der Waals surface area (Å²) in [6.45, 7) is 3.60. The molecule has 1 aliphatic carbocycles. The van der Waals surface area contributed by atoms with Crippen LogP contribution >= 0.6 is 0 Å². The summed E-state index contributed by atoms with van der Waals surface area (Å²) in [5.74, 6) is 0.0326. The summed E-state index contributed by atoms with van der Waals surface area (Å²) < 4.78 is 0. The van der Waals surface area contributed by atoms with Crippen LogP contribution in [-0.4, -0.2) is 5.91 Å². The van der Waals surface area contributed by atoms with Gasteiger partial charge in [0, 0.05) is 6.92 Å². The zero-order chi connectivity index (χ0) is 11.5. The van der Waals surface area contributed by atoms with Crippen molar-refractivity contribution in [2.75, 3.05) is 0 Å². The largest absolute Gasteiger partial charge is 0.350 e. The molecule has 0 spiro atoms. The van der Waals surface area contributed by atoms with Gasteiger partial charge in [0.15, 0.2) is 0 Å². The molecule has 0 aliphatic heterocycles. The molecule has 0 bridgehead atoms. The minimum Gasteiger partial charge on any atom is -0.350 e. The van der Waals surface area contributed by atoms with Gasteiger partial charge in [0.05, 0.1) is 6.04 Å². The van der Waals surface area contributed by atoms with E-state index in [0.717, 1.165) is 0 Å². The molecule has 1 aromatic rings. The molecular weight excluding hydrogens is 198 g/mol. The van der Waals surface area contributed by atoms with E-state index in [4.69, 9.17) is 0 Å². The molecule has 1 aliphatic rings. The summed E-state index contributed by atoms with van der Waals surface area (Å²) in [6, 6.07) is 6.74. The first-order valence-corrected chi connectivity index (χ1v) is 6.05. The van der Waals surface area contributed by atoms with E-state index >= 15 is 0 Å². The molecule has 16 heavy (non-hydrogen) atoms. The smallest absolute Gasteiger partial charge is 0.217 e. The molecule has 0 radical (unpaired) electrons. The van der Waals surface area contributed by atoms with Crippen molar-refractivity contribution in [2.24, 2.45) is 0 Å². The lowest BCUT2D eigenvalue weighted by molar-refractivity contribution is -0.119. The zero-order valence-corrected chi connectivity index (χ0v) is 10.0. The van der Waals surface area contributed by atoms with Gasteiger partial charge < -0.3 is 5.32 Å². The van der Waals surface area contributed by atoms with Crippen LogP contribution in [0.2, 0.25) is 0 Å². The molecular formula is C14H19NO. The molecule has 1 aromatic carbocycles. The number of nitrogens with one attached hydrogen (secondary N) is 1. The van der Waals surface area contributed by atoms with Crippen LogP contribution in [0.25, 0.3) is 0 Å². The lowest BCUT2D eigenvalue weighted by atomic mass is 9.89. The first-order chi connectivity index (χ1) is 7.66. The van der Waals surface area contributed by atoms with Gasteiger partial charge in [-0.2, -0.15) is 0 Å². The number of benzene rings is 1. The quantitative estimate of drug-likeness (QED) is 0.811. The molecule has 86 valence electrons. The molecule has 2 rings (SSSR count). The summed E-state index contributed by atoms with van der Waals surface area (Å²) in [7, 11) is 0. The number of amides is 1. The maximum atomic E-state index is 11.0. The van der Waals surface area contributed by atoms with Crippen molar-refractivity contribution in [3.05, 3.63) is 34.9 Å². The third-order valence-electron chi connectivity index (χ3n) is 3.29. The summed E-state index contributed by atoms with van der Waals surface area (Å²) in [5, 5.41) is 2.93. The molecule has 1 N–H and O–H groups in total. The summed E-state index contributed by atoms with van der Waals surface area (Å²) >= 11 is 0. The fourth-order valence-electron chi connectivity index (χ4n) is 2.41. The number of hydrogen-bond donors (Lipinski definition) is 1. The van der Waals surface area contributed by atoms with Crippen molar-refractivity contribution >= 4 is 5.91 Å². The highest BCUT2D eigenvalue weighted by molar-refractivity contribution is 5.73. The van der Waals surface area contributed by atoms with Crippen LogP contribution in [0.1, 0.15) is 49.4 Å². The number of hydrogen-bond acceptors (Lipinski definition) is 1. The summed E-state index contributed by atoms with van der Waals surface area (Å²) in [5.41, 5.74) is 4.18. The van der Waals surface area contributed by atoms with E-state index in [2.05, 4.69) is 23.5 Å². The molecule has 1 atom stereocenters. The van der Waals surface area contributed by atoms with E-state index in [1.165, 1.54) is 42.4 Å². The van der Waals surface area contributed by atoms with E-state index in [1.54, 1.807) is 6.92 Å². The molecule has 2 nitrogen and oxygen atoms in total. The Hall–Kier alpha value is -1.31. The Kier molecular flexibility index (Phi) is 3.28. The van der Waals surface area contributed by atoms with Crippen LogP contribution in [-0.2, 0) is 17.6 Å². The van der Waals surface area contributed by atoms with Crippen LogP contribution in [0.4, 0.5) is 0 Å². The Balaban J connectivity index is 2.19. The second-order valence-corrected chi connectivity index (χ2v) is 4.66. The van der Waals surface area contributed by atoms with E-state index in [0.29, 0.717) is 0 Å². The van der Waals surface area contributed by atoms with Crippen molar-refractivity contribution in [3.8, 4) is 0 Å². The SMILES string of the molecule is CC(=O)N[C@H](C)c1ccc2c(c1)CCCC2. The Morgan fingerprint density at radius 2 is 1.94 bits per heavy atom. The molecule has 0 saturated carbocycles. The van der Waals surface area contributed by atoms with Gasteiger partial charge in [-0.3, -0.25) is 4.79 Å². The predicted octanol–water partition coefficient (Wildman–Crippen LogP) is 2.76. The van der Waals surface area contributed by atoms with Crippen molar-refractivity contribution in [1.29, 1.82) is 0 Å². The van der Waals surface area contributed by atoms with Crippen LogP contribution in [0.3, 0.4) is 0 Å². The topological polar surface area (TPSA) is 29.1 Å². The molecule has 0 saturated heterocycles. The molecule has 1 amide bonds. The number of carbonyl (C=O) groups excluding carboxylic acids is 1. The minimum absolute atomic E-state index is 0.0326. The van der Waals surface area contributed by atoms with Crippen molar-refractivity contribution < 1.29 is 4.79 Å². The molecule has 2 heteroatoms. The maximum Gasteiger partial charge on any atom is 0.217 e. The summed E-state index contributed by atoms with van der Waals surface area (Å²) in [6.07, 6.45) is 5.01. The van der Waals surface area contributed by atoms with Gasteiger partial charge >= 0.3 is 0 Å². The normalized spacial score (nSPS) is 16.4. The van der Waals surface area contributed by atoms with Crippen molar-refractivity contribution in [1.82, 2.24) is 5.32 Å². The molecule has 0 heterocycles. The standard InChI is InChI=1S/C14H19NO/c1-10(15-11(2)16)13-8-7-12-5-3-4-6-14(12)9-13/h7-10H,3-6H2,1-2H3,(H,15,16)/t10-/m1/s1. The fraction of sp³-hybridized carbons (Fsp3) is 0.500. The van der Waals surface area contributed by atoms with Crippen LogP contribution < -0.4 is 5.32 Å². The monoisotopic (exact) mass is 217 g/mol. The minimum atomic E-state index is 0.0326. The number of fused-ring (bicyclic) bond motifs is 1. The van der Waals surface area contributed by atoms with Gasteiger partial charge in [0.25, 0.3) is 0 Å². The van der Waals surface area contributed by atoms with E-state index in [-0.39, 0.29) is 11.9 Å². The van der Waals surface area contributed by atoms with E-state index in [9.17, 15) is 4.79 Å². The second kappa shape index (κ2) is 4.69. The number of carbonyl (C=O) groups is 1. The average Bonchev–Trinajstić information content (AvgIpc) is 2.27. The lowest BCUT2D eigenvalue weighted by Crippen LogP contribution is -2.23. The first kappa shape index (κ1) is 11.2. The Morgan fingerprint density at radius 1 is 1.25 bits per heavy atom. The van der Waals surface area contributed by atoms with E-state index < -0.39 is 0 Å². The third-order valence-corrected chi connectivity index (χ3v) is 3.29. The second-order valence-electron chi connectivity index (χ2n) is 4.66. The van der Waals surface area contributed by atoms with Crippen molar-refractivity contribution in [2.45, 2.75) is 45.6 Å². The fourth-order valence-corrected chi connectivity index (χ4v) is 2.41. The van der Waals surface area contributed by atoms with Gasteiger partial charge in [-0.1, -0.05) is 18.2 Å². The van der Waals surface area contributed by atoms with Crippen LogP contribution in [0, 0.1) is 0 Å². The zero-order valence-electron chi connectivity index (χ0n) is 10.0. The van der Waals surface area contributed by atoms with Crippen LogP contribution in [0.15, 0.2) is 18.2 Å². The van der Waals surface area contributed by atoms with E-state index in [1.807, 2.05) is 6.92 Å². The third kappa shape index (κ3) is 2.43. The van der Waals surface area contributed by atoms with Gasteiger partial charge in [-0.05, 0) is 49.3 Å². The lowest BCUT2D eigenvalue weighted by Gasteiger charge is -2.19. The highest BCUT2D eigenvalue weighted by Gasteiger charge is 2.12. The predicted molar refractivity (Wildman–Crippen MR) is 65.3 cm³/mol. The van der Waals surface area contributed by atoms with Crippen molar-refractivity contribution in [3.63, 3.8) is 0 Å². The van der Waals surface area contributed by atoms with Gasteiger partial charge in [0.2, 0.25) is 5.91 Å².